The summed E-state index contributed by atoms with van der Waals surface area (Å²) >= 11 is 0. The number of rotatable bonds is 7. The van der Waals surface area contributed by atoms with Crippen LogP contribution in [0.4, 0.5) is 11.4 Å². The van der Waals surface area contributed by atoms with Crippen LogP contribution in [0.5, 0.6) is 0 Å². The monoisotopic (exact) mass is 674 g/mol. The second-order valence-electron chi connectivity index (χ2n) is 11.1. The number of benzene rings is 6. The van der Waals surface area contributed by atoms with E-state index >= 15 is 0 Å². The smallest absolute Gasteiger partial charge is 0.0717 e. The van der Waals surface area contributed by atoms with Crippen LogP contribution in [0.3, 0.4) is 0 Å². The van der Waals surface area contributed by atoms with E-state index in [1.165, 1.54) is 27.8 Å². The number of pyridine rings is 1. The fourth-order valence-electron chi connectivity index (χ4n) is 5.74. The van der Waals surface area contributed by atoms with Crippen molar-refractivity contribution in [2.24, 2.45) is 9.98 Å². The van der Waals surface area contributed by atoms with Gasteiger partial charge in [0.25, 0.3) is 0 Å². The zero-order valence-corrected chi connectivity index (χ0v) is 28.6. The summed E-state index contributed by atoms with van der Waals surface area (Å²) in [4.78, 5) is 13.6. The molecule has 6 aromatic carbocycles. The first-order valence-corrected chi connectivity index (χ1v) is 16.0. The van der Waals surface area contributed by atoms with Crippen molar-refractivity contribution in [2.45, 2.75) is 13.8 Å². The van der Waals surface area contributed by atoms with Gasteiger partial charge in [-0.1, -0.05) is 163 Å². The van der Waals surface area contributed by atoms with Gasteiger partial charge in [0.1, 0.15) is 0 Å². The molecular formula is C45H36FeN3-. The summed E-state index contributed by atoms with van der Waals surface area (Å²) < 4.78 is 0. The molecule has 0 aliphatic rings. The standard InChI is InChI=1S/C25H20N2.C20H16N.Fe/c1-19(22-14-9-17-26-18-22)27-24-16-8-15-23(20-10-4-2-5-11-20)25(24)21-12-6-3-7-13-21;1-2-21-19-15-9-14-18(16-10-5-3-6-11-16)20(19)17-12-7-4-8-13-17;/h2-18H,1H3;3-15H,1H3;/q;-1;. The predicted octanol–water partition coefficient (Wildman–Crippen LogP) is 12.2. The van der Waals surface area contributed by atoms with Gasteiger partial charge in [-0.15, -0.1) is 13.0 Å². The molecule has 0 atom stereocenters. The molecule has 0 fully saturated rings. The third kappa shape index (κ3) is 8.63. The molecule has 1 aromatic heterocycles. The molecule has 4 heteroatoms. The van der Waals surface area contributed by atoms with Crippen LogP contribution in [0.1, 0.15) is 19.4 Å². The Kier molecular flexibility index (Phi) is 12.4. The minimum absolute atomic E-state index is 0. The fourth-order valence-corrected chi connectivity index (χ4v) is 5.74. The summed E-state index contributed by atoms with van der Waals surface area (Å²) in [6, 6.07) is 58.2. The van der Waals surface area contributed by atoms with Crippen molar-refractivity contribution < 1.29 is 17.1 Å². The Morgan fingerprint density at radius 2 is 0.939 bits per heavy atom. The molecule has 0 aliphatic carbocycles. The van der Waals surface area contributed by atoms with Crippen molar-refractivity contribution in [3.63, 3.8) is 0 Å². The molecule has 0 aliphatic heterocycles. The van der Waals surface area contributed by atoms with Crippen LogP contribution < -0.4 is 0 Å². The minimum atomic E-state index is 0. The zero-order chi connectivity index (χ0) is 33.0. The Bertz CT molecular complexity index is 2110. The Morgan fingerprint density at radius 3 is 1.39 bits per heavy atom. The van der Waals surface area contributed by atoms with Crippen molar-refractivity contribution in [1.82, 2.24) is 4.98 Å². The normalized spacial score (nSPS) is 10.9. The van der Waals surface area contributed by atoms with E-state index in [0.29, 0.717) is 0 Å². The first-order valence-electron chi connectivity index (χ1n) is 16.0. The Labute approximate surface area is 300 Å². The molecule has 3 nitrogen and oxygen atoms in total. The maximum Gasteiger partial charge on any atom is 0.0717 e. The molecular weight excluding hydrogens is 638 g/mol. The zero-order valence-electron chi connectivity index (χ0n) is 27.5. The molecule has 1 heterocycles. The maximum atomic E-state index is 4.97. The molecule has 49 heavy (non-hydrogen) atoms. The van der Waals surface area contributed by atoms with Gasteiger partial charge < -0.3 is 4.99 Å². The fraction of sp³-hybridized carbons (Fsp3) is 0.0444. The second kappa shape index (κ2) is 17.5. The molecule has 0 amide bonds. The van der Waals surface area contributed by atoms with Crippen molar-refractivity contribution in [3.05, 3.63) is 188 Å². The first-order chi connectivity index (χ1) is 23.7. The average Bonchev–Trinajstić information content (AvgIpc) is 3.17. The molecule has 0 spiro atoms. The number of hydrogen-bond donors (Lipinski definition) is 0. The van der Waals surface area contributed by atoms with Gasteiger partial charge in [0, 0.05) is 46.3 Å². The van der Waals surface area contributed by atoms with E-state index in [0.717, 1.165) is 39.3 Å². The van der Waals surface area contributed by atoms with Gasteiger partial charge in [-0.05, 0) is 52.4 Å². The van der Waals surface area contributed by atoms with Gasteiger partial charge in [-0.3, -0.25) is 9.98 Å². The number of nitrogens with zero attached hydrogens (tertiary/aromatic N) is 3. The van der Waals surface area contributed by atoms with Crippen LogP contribution in [0, 0.1) is 0 Å². The second-order valence-corrected chi connectivity index (χ2v) is 11.1. The van der Waals surface area contributed by atoms with Crippen LogP contribution in [0.15, 0.2) is 192 Å². The van der Waals surface area contributed by atoms with E-state index < -0.39 is 0 Å². The van der Waals surface area contributed by atoms with E-state index in [2.05, 4.69) is 138 Å². The number of aromatic nitrogens is 1. The largest absolute Gasteiger partial charge is 0.456 e. The van der Waals surface area contributed by atoms with E-state index in [4.69, 9.17) is 4.99 Å². The molecule has 240 valence electrons. The summed E-state index contributed by atoms with van der Waals surface area (Å²) in [7, 11) is 0. The Hall–Kier alpha value is -5.67. The van der Waals surface area contributed by atoms with Crippen molar-refractivity contribution in [1.29, 1.82) is 0 Å². The van der Waals surface area contributed by atoms with Gasteiger partial charge in [-0.25, -0.2) is 0 Å². The van der Waals surface area contributed by atoms with Crippen LogP contribution in [0.25, 0.3) is 44.5 Å². The summed E-state index contributed by atoms with van der Waals surface area (Å²) in [5.41, 5.74) is 13.3. The van der Waals surface area contributed by atoms with E-state index in [1.54, 1.807) is 6.20 Å². The molecule has 7 aromatic rings. The number of hydrogen-bond acceptors (Lipinski definition) is 3. The molecule has 0 bridgehead atoms. The molecule has 0 unspecified atom stereocenters. The van der Waals surface area contributed by atoms with Crippen LogP contribution in [0.2, 0.25) is 0 Å². The van der Waals surface area contributed by atoms with Gasteiger partial charge in [0.05, 0.1) is 5.69 Å². The summed E-state index contributed by atoms with van der Waals surface area (Å²) in [6.07, 6.45) is 6.53. The van der Waals surface area contributed by atoms with Crippen LogP contribution in [-0.2, 0) is 17.1 Å². The third-order valence-electron chi connectivity index (χ3n) is 7.98. The van der Waals surface area contributed by atoms with Crippen LogP contribution >= 0.6 is 0 Å². The first kappa shape index (κ1) is 34.7. The quantitative estimate of drug-likeness (QED) is 0.0942. The molecule has 0 saturated carbocycles. The summed E-state index contributed by atoms with van der Waals surface area (Å²) in [6.45, 7) is 3.85. The summed E-state index contributed by atoms with van der Waals surface area (Å²) in [5.74, 6) is 0. The van der Waals surface area contributed by atoms with E-state index in [9.17, 15) is 0 Å². The average molecular weight is 675 g/mol. The van der Waals surface area contributed by atoms with Gasteiger partial charge in [0.2, 0.25) is 0 Å². The van der Waals surface area contributed by atoms with Crippen molar-refractivity contribution >= 4 is 23.3 Å². The van der Waals surface area contributed by atoms with Crippen molar-refractivity contribution in [2.75, 3.05) is 0 Å². The Balaban J connectivity index is 0.000000193. The van der Waals surface area contributed by atoms with Crippen molar-refractivity contribution in [3.8, 4) is 44.5 Å². The molecule has 0 saturated heterocycles. The minimum Gasteiger partial charge on any atom is -0.456 e. The molecule has 0 radical (unpaired) electrons. The number of aliphatic imine (C=N–C) groups is 2. The summed E-state index contributed by atoms with van der Waals surface area (Å²) in [5, 5.41) is 0. The van der Waals surface area contributed by atoms with Gasteiger partial charge >= 0.3 is 0 Å². The maximum absolute atomic E-state index is 4.97. The molecule has 7 rings (SSSR count). The van der Waals surface area contributed by atoms with Gasteiger partial charge in [-0.2, -0.15) is 6.21 Å². The van der Waals surface area contributed by atoms with Crippen LogP contribution in [-0.4, -0.2) is 16.9 Å². The predicted molar refractivity (Wildman–Crippen MR) is 204 cm³/mol. The third-order valence-corrected chi connectivity index (χ3v) is 7.98. The van der Waals surface area contributed by atoms with E-state index in [1.807, 2.05) is 68.6 Å². The van der Waals surface area contributed by atoms with Gasteiger partial charge in [0.15, 0.2) is 0 Å². The van der Waals surface area contributed by atoms with E-state index in [-0.39, 0.29) is 17.1 Å². The Morgan fingerprint density at radius 1 is 0.490 bits per heavy atom. The SMILES string of the molecule is CC(=Nc1cccc(-c2ccccc2)c1-c1ccccc1)c1cccnc1.C[C-]=Nc1cccc(-c2ccccc2)c1-c1ccccc1.[Fe]. The topological polar surface area (TPSA) is 37.6 Å². The molecule has 0 N–H and O–H groups in total.